The summed E-state index contributed by atoms with van der Waals surface area (Å²) in [6.45, 7) is 0.829. The first kappa shape index (κ1) is 16.4. The molecule has 1 aliphatic heterocycles. The molecule has 1 aliphatic rings. The number of hydrogen-bond acceptors (Lipinski definition) is 4. The first-order valence-corrected chi connectivity index (χ1v) is 8.06. The number of hydrogen-bond donors (Lipinski definition) is 1. The number of aliphatic carboxylic acids is 1. The average molecular weight is 331 g/mol. The lowest BCUT2D eigenvalue weighted by Gasteiger charge is -2.33. The Balaban J connectivity index is 1.82. The van der Waals surface area contributed by atoms with Gasteiger partial charge in [0.15, 0.2) is 0 Å². The van der Waals surface area contributed by atoms with Crippen LogP contribution in [0.3, 0.4) is 0 Å². The number of ether oxygens (including phenoxy) is 1. The summed E-state index contributed by atoms with van der Waals surface area (Å²) in [5, 5.41) is 14.5. The molecular weight excluding hydrogens is 310 g/mol. The van der Waals surface area contributed by atoms with Gasteiger partial charge in [0, 0.05) is 31.7 Å². The van der Waals surface area contributed by atoms with Gasteiger partial charge in [0.2, 0.25) is 5.91 Å². The van der Waals surface area contributed by atoms with Crippen LogP contribution in [0, 0.1) is 0 Å². The molecule has 0 atom stereocenters. The predicted molar refractivity (Wildman–Crippen MR) is 87.6 cm³/mol. The summed E-state index contributed by atoms with van der Waals surface area (Å²) < 4.78 is 7.06. The van der Waals surface area contributed by atoms with Gasteiger partial charge < -0.3 is 14.7 Å². The average Bonchev–Trinajstić information content (AvgIpc) is 2.89. The summed E-state index contributed by atoms with van der Waals surface area (Å²) in [7, 11) is 1.84. The summed E-state index contributed by atoms with van der Waals surface area (Å²) in [6, 6.07) is 7.63. The van der Waals surface area contributed by atoms with E-state index in [0.29, 0.717) is 31.7 Å². The molecule has 7 heteroatoms. The van der Waals surface area contributed by atoms with Gasteiger partial charge in [-0.1, -0.05) is 18.2 Å². The van der Waals surface area contributed by atoms with Crippen LogP contribution < -0.4 is 0 Å². The number of fused-ring (bicyclic) bond motifs is 1. The number of aromatic nitrogens is 2. The third-order valence-electron chi connectivity index (χ3n) is 4.41. The molecule has 2 aromatic rings. The maximum atomic E-state index is 12.8. The highest BCUT2D eigenvalue weighted by atomic mass is 16.5. The summed E-state index contributed by atoms with van der Waals surface area (Å²) in [6.07, 6.45) is 1.44. The van der Waals surface area contributed by atoms with Crippen molar-refractivity contribution in [1.82, 2.24) is 14.7 Å². The van der Waals surface area contributed by atoms with Gasteiger partial charge in [-0.15, -0.1) is 0 Å². The zero-order chi connectivity index (χ0) is 17.1. The second kappa shape index (κ2) is 7.00. The second-order valence-corrected chi connectivity index (χ2v) is 6.02. The molecule has 0 radical (unpaired) electrons. The van der Waals surface area contributed by atoms with Crippen molar-refractivity contribution in [3.8, 4) is 0 Å². The van der Waals surface area contributed by atoms with Gasteiger partial charge in [-0.2, -0.15) is 5.10 Å². The summed E-state index contributed by atoms with van der Waals surface area (Å²) in [5.74, 6) is -1.20. The van der Waals surface area contributed by atoms with E-state index in [1.807, 2.05) is 31.3 Å². The maximum Gasteiger partial charge on any atom is 0.323 e. The normalized spacial score (nSPS) is 15.5. The number of carboxylic acid groups (broad SMARTS) is 1. The van der Waals surface area contributed by atoms with E-state index < -0.39 is 5.97 Å². The van der Waals surface area contributed by atoms with Crippen molar-refractivity contribution in [3.63, 3.8) is 0 Å². The number of para-hydroxylation sites is 1. The Kier molecular flexibility index (Phi) is 4.80. The van der Waals surface area contributed by atoms with Gasteiger partial charge in [0.1, 0.15) is 6.54 Å². The van der Waals surface area contributed by atoms with E-state index in [1.54, 1.807) is 4.68 Å². The maximum absolute atomic E-state index is 12.8. The van der Waals surface area contributed by atoms with Crippen LogP contribution in [0.1, 0.15) is 18.5 Å². The fourth-order valence-electron chi connectivity index (χ4n) is 3.23. The molecule has 24 heavy (non-hydrogen) atoms. The van der Waals surface area contributed by atoms with E-state index in [0.717, 1.165) is 10.9 Å². The van der Waals surface area contributed by atoms with E-state index in [9.17, 15) is 9.59 Å². The van der Waals surface area contributed by atoms with Crippen molar-refractivity contribution >= 4 is 22.8 Å². The smallest absolute Gasteiger partial charge is 0.323 e. The Bertz CT molecular complexity index is 749. The van der Waals surface area contributed by atoms with Crippen molar-refractivity contribution in [1.29, 1.82) is 0 Å². The number of carbonyl (C=O) groups excluding carboxylic acids is 1. The largest absolute Gasteiger partial charge is 0.480 e. The highest BCUT2D eigenvalue weighted by Crippen LogP contribution is 2.20. The molecule has 0 saturated carbocycles. The Hall–Kier alpha value is -2.41. The Morgan fingerprint density at radius 1 is 1.33 bits per heavy atom. The van der Waals surface area contributed by atoms with Crippen LogP contribution in [0.5, 0.6) is 0 Å². The standard InChI is InChI=1S/C17H21N3O4/c1-19-15-5-3-2-4-13(15)14(18-19)10-16(21)20(11-17(22)23)12-6-8-24-9-7-12/h2-5,12H,6-11H2,1H3,(H,22,23). The minimum atomic E-state index is -0.999. The number of benzene rings is 1. The highest BCUT2D eigenvalue weighted by Gasteiger charge is 2.28. The molecular formula is C17H21N3O4. The SMILES string of the molecule is Cn1nc(CC(=O)N(CC(=O)O)C2CCOCC2)c2ccccc21. The number of carbonyl (C=O) groups is 2. The fraction of sp³-hybridized carbons (Fsp3) is 0.471. The van der Waals surface area contributed by atoms with Crippen LogP contribution in [0.2, 0.25) is 0 Å². The lowest BCUT2D eigenvalue weighted by atomic mass is 10.1. The van der Waals surface area contributed by atoms with Crippen LogP contribution in [0.25, 0.3) is 10.9 Å². The van der Waals surface area contributed by atoms with Gasteiger partial charge in [0.05, 0.1) is 17.6 Å². The second-order valence-electron chi connectivity index (χ2n) is 6.02. The van der Waals surface area contributed by atoms with E-state index >= 15 is 0 Å². The van der Waals surface area contributed by atoms with E-state index in [2.05, 4.69) is 5.10 Å². The minimum absolute atomic E-state index is 0.0858. The van der Waals surface area contributed by atoms with Gasteiger partial charge in [0.25, 0.3) is 0 Å². The molecule has 7 nitrogen and oxygen atoms in total. The quantitative estimate of drug-likeness (QED) is 0.890. The van der Waals surface area contributed by atoms with Crippen LogP contribution in [-0.2, 0) is 27.8 Å². The van der Waals surface area contributed by atoms with Gasteiger partial charge in [-0.3, -0.25) is 14.3 Å². The van der Waals surface area contributed by atoms with Crippen LogP contribution in [0.15, 0.2) is 24.3 Å². The molecule has 1 N–H and O–H groups in total. The van der Waals surface area contributed by atoms with Crippen molar-refractivity contribution in [2.75, 3.05) is 19.8 Å². The Morgan fingerprint density at radius 3 is 2.75 bits per heavy atom. The molecule has 1 amide bonds. The van der Waals surface area contributed by atoms with Crippen LogP contribution in [-0.4, -0.2) is 57.5 Å². The zero-order valence-electron chi connectivity index (χ0n) is 13.6. The summed E-state index contributed by atoms with van der Waals surface area (Å²) in [5.41, 5.74) is 1.64. The van der Waals surface area contributed by atoms with Crippen molar-refractivity contribution in [2.45, 2.75) is 25.3 Å². The van der Waals surface area contributed by atoms with E-state index in [1.165, 1.54) is 4.90 Å². The molecule has 128 valence electrons. The van der Waals surface area contributed by atoms with Crippen molar-refractivity contribution in [3.05, 3.63) is 30.0 Å². The Morgan fingerprint density at radius 2 is 2.04 bits per heavy atom. The van der Waals surface area contributed by atoms with E-state index in [-0.39, 0.29) is 24.9 Å². The minimum Gasteiger partial charge on any atom is -0.480 e. The third-order valence-corrected chi connectivity index (χ3v) is 4.41. The number of carboxylic acids is 1. The molecule has 2 heterocycles. The summed E-state index contributed by atoms with van der Waals surface area (Å²) in [4.78, 5) is 25.4. The van der Waals surface area contributed by atoms with Gasteiger partial charge in [-0.25, -0.2) is 0 Å². The molecule has 0 unspecified atom stereocenters. The monoisotopic (exact) mass is 331 g/mol. The fourth-order valence-corrected chi connectivity index (χ4v) is 3.23. The van der Waals surface area contributed by atoms with Crippen LogP contribution in [0.4, 0.5) is 0 Å². The van der Waals surface area contributed by atoms with Crippen molar-refractivity contribution in [2.24, 2.45) is 7.05 Å². The number of amides is 1. The van der Waals surface area contributed by atoms with Crippen LogP contribution >= 0.6 is 0 Å². The molecule has 1 aromatic heterocycles. The number of rotatable bonds is 5. The third kappa shape index (κ3) is 3.41. The zero-order valence-corrected chi connectivity index (χ0v) is 13.6. The molecule has 1 saturated heterocycles. The first-order valence-electron chi connectivity index (χ1n) is 8.06. The number of aryl methyl sites for hydroxylation is 1. The molecule has 0 aliphatic carbocycles. The molecule has 1 fully saturated rings. The van der Waals surface area contributed by atoms with Crippen molar-refractivity contribution < 1.29 is 19.4 Å². The molecule has 0 bridgehead atoms. The topological polar surface area (TPSA) is 84.7 Å². The molecule has 0 spiro atoms. The highest BCUT2D eigenvalue weighted by molar-refractivity contribution is 5.89. The number of nitrogens with zero attached hydrogens (tertiary/aromatic N) is 3. The first-order chi connectivity index (χ1) is 11.6. The van der Waals surface area contributed by atoms with E-state index in [4.69, 9.17) is 9.84 Å². The van der Waals surface area contributed by atoms with Gasteiger partial charge in [-0.05, 0) is 18.9 Å². The predicted octanol–water partition coefficient (Wildman–Crippen LogP) is 1.21. The molecule has 1 aromatic carbocycles. The lowest BCUT2D eigenvalue weighted by Crippen LogP contribution is -2.46. The Labute approximate surface area is 139 Å². The summed E-state index contributed by atoms with van der Waals surface area (Å²) >= 11 is 0. The molecule has 3 rings (SSSR count). The lowest BCUT2D eigenvalue weighted by molar-refractivity contribution is -0.147. The van der Waals surface area contributed by atoms with Gasteiger partial charge >= 0.3 is 5.97 Å².